The fourth-order valence-corrected chi connectivity index (χ4v) is 3.68. The zero-order chi connectivity index (χ0) is 19.7. The molecule has 1 aliphatic carbocycles. The summed E-state index contributed by atoms with van der Waals surface area (Å²) in [5.41, 5.74) is 3.59. The first kappa shape index (κ1) is 18.3. The average Bonchev–Trinajstić information content (AvgIpc) is 3.21. The van der Waals surface area contributed by atoms with Crippen LogP contribution in [0.3, 0.4) is 0 Å². The van der Waals surface area contributed by atoms with Gasteiger partial charge in [0.1, 0.15) is 23.3 Å². The number of amides is 1. The number of hydrogen-bond donors (Lipinski definition) is 0. The second kappa shape index (κ2) is 7.50. The third-order valence-corrected chi connectivity index (χ3v) is 5.26. The van der Waals surface area contributed by atoms with Gasteiger partial charge in [0, 0.05) is 29.6 Å². The van der Waals surface area contributed by atoms with Crippen molar-refractivity contribution in [3.8, 4) is 5.75 Å². The fourth-order valence-electron chi connectivity index (χ4n) is 3.68. The molecule has 0 aliphatic heterocycles. The van der Waals surface area contributed by atoms with Gasteiger partial charge in [-0.1, -0.05) is 5.16 Å². The van der Waals surface area contributed by atoms with Crippen molar-refractivity contribution < 1.29 is 18.5 Å². The second-order valence-electron chi connectivity index (χ2n) is 7.15. The highest BCUT2D eigenvalue weighted by Crippen LogP contribution is 2.32. The van der Waals surface area contributed by atoms with Crippen LogP contribution in [-0.2, 0) is 24.2 Å². The van der Waals surface area contributed by atoms with Crippen LogP contribution in [0.15, 0.2) is 38.2 Å². The number of nitrogens with zero attached hydrogens (tertiary/aromatic N) is 2. The van der Waals surface area contributed by atoms with Crippen LogP contribution in [0.2, 0.25) is 0 Å². The molecule has 1 amide bonds. The number of aryl methyl sites for hydroxylation is 2. The van der Waals surface area contributed by atoms with E-state index in [0.717, 1.165) is 47.8 Å². The maximum absolute atomic E-state index is 12.4. The number of aromatic nitrogens is 1. The number of likely N-dealkylation sites (N-methyl/N-ethyl adjacent to an activating group) is 1. The Hall–Kier alpha value is -3.09. The molecular weight excluding hydrogens is 360 g/mol. The molecule has 0 radical (unpaired) electrons. The number of hydrogen-bond acceptors (Lipinski definition) is 6. The normalized spacial score (nSPS) is 13.4. The van der Waals surface area contributed by atoms with Crippen LogP contribution in [0.1, 0.15) is 35.2 Å². The number of ether oxygens (including phenoxy) is 1. The summed E-state index contributed by atoms with van der Waals surface area (Å²) in [7, 11) is 1.68. The molecule has 3 aromatic rings. The molecule has 4 rings (SSSR count). The lowest BCUT2D eigenvalue weighted by atomic mass is 9.90. The van der Waals surface area contributed by atoms with E-state index in [-0.39, 0.29) is 18.1 Å². The number of fused-ring (bicyclic) bond motifs is 3. The number of benzene rings is 1. The summed E-state index contributed by atoms with van der Waals surface area (Å²) in [5, 5.41) is 4.76. The molecule has 0 N–H and O–H groups in total. The van der Waals surface area contributed by atoms with Crippen LogP contribution in [-0.4, -0.2) is 29.6 Å². The number of carbonyl (C=O) groups is 1. The van der Waals surface area contributed by atoms with Gasteiger partial charge in [0.05, 0.1) is 6.54 Å². The Balaban J connectivity index is 1.54. The standard InChI is InChI=1S/C21H22N2O5/c1-13-18(26-12-19(24)23(2)11-14-9-10-27-22-14)8-7-16-15-5-3-4-6-17(15)21(25)28-20(13)16/h7-10H,3-6,11-12H2,1-2H3. The van der Waals surface area contributed by atoms with Gasteiger partial charge in [0.15, 0.2) is 6.61 Å². The van der Waals surface area contributed by atoms with Gasteiger partial charge in [-0.15, -0.1) is 0 Å². The minimum atomic E-state index is -0.258. The van der Waals surface area contributed by atoms with Gasteiger partial charge in [-0.2, -0.15) is 0 Å². The monoisotopic (exact) mass is 382 g/mol. The Morgan fingerprint density at radius 1 is 1.21 bits per heavy atom. The highest BCUT2D eigenvalue weighted by Gasteiger charge is 2.20. The van der Waals surface area contributed by atoms with E-state index in [1.54, 1.807) is 13.1 Å². The van der Waals surface area contributed by atoms with Crippen molar-refractivity contribution >= 4 is 16.9 Å². The van der Waals surface area contributed by atoms with E-state index in [4.69, 9.17) is 13.7 Å². The predicted octanol–water partition coefficient (Wildman–Crippen LogP) is 3.01. The summed E-state index contributed by atoms with van der Waals surface area (Å²) < 4.78 is 16.1. The summed E-state index contributed by atoms with van der Waals surface area (Å²) in [6, 6.07) is 5.48. The van der Waals surface area contributed by atoms with Gasteiger partial charge in [-0.05, 0) is 50.3 Å². The van der Waals surface area contributed by atoms with E-state index in [1.165, 1.54) is 11.2 Å². The van der Waals surface area contributed by atoms with E-state index >= 15 is 0 Å². The summed E-state index contributed by atoms with van der Waals surface area (Å²) in [6.07, 6.45) is 5.23. The molecule has 7 nitrogen and oxygen atoms in total. The van der Waals surface area contributed by atoms with Gasteiger partial charge in [-0.3, -0.25) is 4.79 Å². The smallest absolute Gasteiger partial charge is 0.339 e. The van der Waals surface area contributed by atoms with Gasteiger partial charge in [0.2, 0.25) is 0 Å². The Labute approximate surface area is 161 Å². The van der Waals surface area contributed by atoms with Crippen LogP contribution in [0.4, 0.5) is 0 Å². The number of rotatable bonds is 5. The molecule has 0 saturated heterocycles. The van der Waals surface area contributed by atoms with Crippen molar-refractivity contribution in [3.05, 3.63) is 57.3 Å². The van der Waals surface area contributed by atoms with E-state index in [2.05, 4.69) is 5.16 Å². The van der Waals surface area contributed by atoms with Crippen molar-refractivity contribution in [2.45, 2.75) is 39.2 Å². The van der Waals surface area contributed by atoms with Crippen LogP contribution in [0, 0.1) is 6.92 Å². The fraction of sp³-hybridized carbons (Fsp3) is 0.381. The largest absolute Gasteiger partial charge is 0.483 e. The Kier molecular flexibility index (Phi) is 4.90. The van der Waals surface area contributed by atoms with E-state index in [9.17, 15) is 9.59 Å². The predicted molar refractivity (Wildman–Crippen MR) is 102 cm³/mol. The van der Waals surface area contributed by atoms with Crippen LogP contribution in [0.5, 0.6) is 5.75 Å². The first-order valence-electron chi connectivity index (χ1n) is 9.39. The molecule has 0 bridgehead atoms. The summed E-state index contributed by atoms with van der Waals surface area (Å²) in [5.74, 6) is 0.351. The zero-order valence-electron chi connectivity index (χ0n) is 16.0. The van der Waals surface area contributed by atoms with Crippen molar-refractivity contribution in [1.82, 2.24) is 10.1 Å². The molecule has 0 atom stereocenters. The average molecular weight is 382 g/mol. The van der Waals surface area contributed by atoms with Crippen LogP contribution < -0.4 is 10.4 Å². The molecule has 0 spiro atoms. The van der Waals surface area contributed by atoms with Crippen molar-refractivity contribution in [2.75, 3.05) is 13.7 Å². The van der Waals surface area contributed by atoms with Crippen LogP contribution in [0.25, 0.3) is 11.0 Å². The molecule has 0 fully saturated rings. The molecule has 1 aromatic carbocycles. The summed E-state index contributed by atoms with van der Waals surface area (Å²) >= 11 is 0. The highest BCUT2D eigenvalue weighted by molar-refractivity contribution is 5.86. The third-order valence-electron chi connectivity index (χ3n) is 5.26. The van der Waals surface area contributed by atoms with Crippen molar-refractivity contribution in [1.29, 1.82) is 0 Å². The maximum atomic E-state index is 12.4. The molecule has 0 saturated carbocycles. The maximum Gasteiger partial charge on any atom is 0.339 e. The zero-order valence-corrected chi connectivity index (χ0v) is 16.0. The highest BCUT2D eigenvalue weighted by atomic mass is 16.5. The third kappa shape index (κ3) is 3.40. The quantitative estimate of drug-likeness (QED) is 0.631. The lowest BCUT2D eigenvalue weighted by Crippen LogP contribution is -2.31. The van der Waals surface area contributed by atoms with Gasteiger partial charge < -0.3 is 18.6 Å². The van der Waals surface area contributed by atoms with Crippen molar-refractivity contribution in [3.63, 3.8) is 0 Å². The van der Waals surface area contributed by atoms with Gasteiger partial charge in [0.25, 0.3) is 5.91 Å². The number of carbonyl (C=O) groups excluding carboxylic acids is 1. The van der Waals surface area contributed by atoms with E-state index in [1.807, 2.05) is 19.1 Å². The molecule has 28 heavy (non-hydrogen) atoms. The van der Waals surface area contributed by atoms with Crippen molar-refractivity contribution in [2.24, 2.45) is 0 Å². The summed E-state index contributed by atoms with van der Waals surface area (Å²) in [4.78, 5) is 26.2. The van der Waals surface area contributed by atoms with E-state index < -0.39 is 0 Å². The molecular formula is C21H22N2O5. The lowest BCUT2D eigenvalue weighted by Gasteiger charge is -2.19. The van der Waals surface area contributed by atoms with Crippen LogP contribution >= 0.6 is 0 Å². The minimum Gasteiger partial charge on any atom is -0.483 e. The SMILES string of the molecule is Cc1c(OCC(=O)N(C)Cc2ccon2)ccc2c3c(c(=O)oc12)CCCC3. The van der Waals surface area contributed by atoms with Gasteiger partial charge >= 0.3 is 5.63 Å². The Morgan fingerprint density at radius 2 is 2.00 bits per heavy atom. The van der Waals surface area contributed by atoms with E-state index in [0.29, 0.717) is 23.6 Å². The molecule has 7 heteroatoms. The molecule has 1 aliphatic rings. The first-order chi connectivity index (χ1) is 13.5. The second-order valence-corrected chi connectivity index (χ2v) is 7.15. The Bertz CT molecular complexity index is 1070. The van der Waals surface area contributed by atoms with Gasteiger partial charge in [-0.25, -0.2) is 4.79 Å². The molecule has 146 valence electrons. The lowest BCUT2D eigenvalue weighted by molar-refractivity contribution is -0.132. The molecule has 2 heterocycles. The topological polar surface area (TPSA) is 85.8 Å². The Morgan fingerprint density at radius 3 is 2.75 bits per heavy atom. The minimum absolute atomic E-state index is 0.115. The molecule has 2 aromatic heterocycles. The first-order valence-corrected chi connectivity index (χ1v) is 9.39. The summed E-state index contributed by atoms with van der Waals surface area (Å²) in [6.45, 7) is 2.08. The molecule has 0 unspecified atom stereocenters.